The van der Waals surface area contributed by atoms with Crippen LogP contribution in [0, 0.1) is 0 Å². The van der Waals surface area contributed by atoms with Crippen molar-refractivity contribution in [1.29, 1.82) is 0 Å². The van der Waals surface area contributed by atoms with Crippen LogP contribution in [0.5, 0.6) is 0 Å². The lowest BCUT2D eigenvalue weighted by atomic mass is 9.96. The van der Waals surface area contributed by atoms with E-state index in [9.17, 15) is 9.59 Å². The molecular weight excluding hydrogens is 224 g/mol. The summed E-state index contributed by atoms with van der Waals surface area (Å²) in [5.74, 6) is -0.903. The molecule has 0 radical (unpaired) electrons. The summed E-state index contributed by atoms with van der Waals surface area (Å²) in [5, 5.41) is 11.2. The quantitative estimate of drug-likeness (QED) is 0.642. The average molecular weight is 244 g/mol. The third-order valence-corrected chi connectivity index (χ3v) is 2.69. The number of carbonyl (C=O) groups excluding carboxylic acids is 1. The number of aliphatic carboxylic acids is 1. The van der Waals surface area contributed by atoms with Crippen molar-refractivity contribution in [3.63, 3.8) is 0 Å². The molecule has 0 bridgehead atoms. The summed E-state index contributed by atoms with van der Waals surface area (Å²) in [4.78, 5) is 23.7. The van der Waals surface area contributed by atoms with E-state index in [0.29, 0.717) is 32.6 Å². The van der Waals surface area contributed by atoms with E-state index in [1.807, 2.05) is 13.8 Å². The summed E-state index contributed by atoms with van der Waals surface area (Å²) in [5.41, 5.74) is -0.375. The number of ether oxygens (including phenoxy) is 1. The first-order chi connectivity index (χ1) is 7.95. The van der Waals surface area contributed by atoms with Gasteiger partial charge in [0.15, 0.2) is 0 Å². The predicted octanol–water partition coefficient (Wildman–Crippen LogP) is -0.312. The zero-order valence-electron chi connectivity index (χ0n) is 10.4. The van der Waals surface area contributed by atoms with Crippen molar-refractivity contribution in [3.05, 3.63) is 0 Å². The number of nitrogens with one attached hydrogen (secondary N) is 1. The second-order valence-corrected chi connectivity index (χ2v) is 4.55. The fourth-order valence-corrected chi connectivity index (χ4v) is 1.93. The number of hydrogen-bond acceptors (Lipinski definition) is 4. The number of hydrogen-bond donors (Lipinski definition) is 2. The molecule has 0 spiro atoms. The van der Waals surface area contributed by atoms with Gasteiger partial charge < -0.3 is 15.2 Å². The Morgan fingerprint density at radius 1 is 1.47 bits per heavy atom. The minimum absolute atomic E-state index is 0.0487. The zero-order valence-corrected chi connectivity index (χ0v) is 10.4. The van der Waals surface area contributed by atoms with Gasteiger partial charge in [-0.15, -0.1) is 0 Å². The molecule has 1 heterocycles. The van der Waals surface area contributed by atoms with Crippen LogP contribution in [0.1, 0.15) is 20.3 Å². The fraction of sp³-hybridized carbons (Fsp3) is 0.818. The van der Waals surface area contributed by atoms with Crippen LogP contribution in [0.3, 0.4) is 0 Å². The molecule has 1 amide bonds. The van der Waals surface area contributed by atoms with E-state index in [2.05, 4.69) is 10.2 Å². The molecule has 98 valence electrons. The normalized spacial score (nSPS) is 18.5. The van der Waals surface area contributed by atoms with Crippen molar-refractivity contribution >= 4 is 11.9 Å². The Bertz CT molecular complexity index is 287. The van der Waals surface area contributed by atoms with Crippen LogP contribution < -0.4 is 5.32 Å². The van der Waals surface area contributed by atoms with Gasteiger partial charge in [0.05, 0.1) is 5.60 Å². The van der Waals surface area contributed by atoms with Crippen molar-refractivity contribution in [2.24, 2.45) is 0 Å². The molecule has 17 heavy (non-hydrogen) atoms. The number of rotatable bonds is 7. The van der Waals surface area contributed by atoms with Crippen molar-refractivity contribution in [3.8, 4) is 0 Å². The Balaban J connectivity index is 2.13. The summed E-state index contributed by atoms with van der Waals surface area (Å²) >= 11 is 0. The van der Waals surface area contributed by atoms with E-state index in [1.165, 1.54) is 0 Å². The van der Waals surface area contributed by atoms with Crippen LogP contribution in [0.25, 0.3) is 0 Å². The topological polar surface area (TPSA) is 78.9 Å². The number of carbonyl (C=O) groups is 2. The molecule has 0 aromatic heterocycles. The third-order valence-electron chi connectivity index (χ3n) is 2.69. The molecule has 1 fully saturated rings. The lowest BCUT2D eigenvalue weighted by Crippen LogP contribution is -2.62. The van der Waals surface area contributed by atoms with E-state index in [-0.39, 0.29) is 18.1 Å². The highest BCUT2D eigenvalue weighted by Crippen LogP contribution is 2.24. The SMILES string of the molecule is CCNC(=O)CCN1CC(C)(OCC(=O)O)C1. The summed E-state index contributed by atoms with van der Waals surface area (Å²) in [6.07, 6.45) is 0.475. The maximum Gasteiger partial charge on any atom is 0.329 e. The summed E-state index contributed by atoms with van der Waals surface area (Å²) in [6.45, 7) is 6.22. The monoisotopic (exact) mass is 244 g/mol. The van der Waals surface area contributed by atoms with Crippen LogP contribution in [0.2, 0.25) is 0 Å². The van der Waals surface area contributed by atoms with E-state index in [1.54, 1.807) is 0 Å². The Morgan fingerprint density at radius 2 is 2.12 bits per heavy atom. The maximum absolute atomic E-state index is 11.2. The number of carboxylic acids is 1. The van der Waals surface area contributed by atoms with Gasteiger partial charge in [0, 0.05) is 32.6 Å². The van der Waals surface area contributed by atoms with Crippen molar-refractivity contribution in [2.45, 2.75) is 25.9 Å². The lowest BCUT2D eigenvalue weighted by molar-refractivity contribution is -0.164. The van der Waals surface area contributed by atoms with Crippen LogP contribution in [-0.4, -0.2) is 60.3 Å². The van der Waals surface area contributed by atoms with Crippen molar-refractivity contribution in [1.82, 2.24) is 10.2 Å². The van der Waals surface area contributed by atoms with Gasteiger partial charge in [0.1, 0.15) is 6.61 Å². The lowest BCUT2D eigenvalue weighted by Gasteiger charge is -2.47. The largest absolute Gasteiger partial charge is 0.480 e. The van der Waals surface area contributed by atoms with Gasteiger partial charge in [-0.2, -0.15) is 0 Å². The van der Waals surface area contributed by atoms with Gasteiger partial charge in [0.2, 0.25) is 5.91 Å². The molecule has 0 aliphatic carbocycles. The Kier molecular flexibility index (Phi) is 4.89. The van der Waals surface area contributed by atoms with E-state index in [0.717, 1.165) is 0 Å². The molecule has 0 saturated carbocycles. The molecule has 6 nitrogen and oxygen atoms in total. The molecule has 6 heteroatoms. The summed E-state index contributed by atoms with van der Waals surface area (Å²) in [6, 6.07) is 0. The van der Waals surface area contributed by atoms with Crippen molar-refractivity contribution in [2.75, 3.05) is 32.8 Å². The number of carboxylic acid groups (broad SMARTS) is 1. The maximum atomic E-state index is 11.2. The van der Waals surface area contributed by atoms with Crippen LogP contribution in [-0.2, 0) is 14.3 Å². The molecular formula is C11H20N2O4. The second-order valence-electron chi connectivity index (χ2n) is 4.55. The highest BCUT2D eigenvalue weighted by molar-refractivity contribution is 5.75. The summed E-state index contributed by atoms with van der Waals surface area (Å²) in [7, 11) is 0. The van der Waals surface area contributed by atoms with Gasteiger partial charge >= 0.3 is 5.97 Å². The summed E-state index contributed by atoms with van der Waals surface area (Å²) < 4.78 is 5.27. The number of nitrogens with zero attached hydrogens (tertiary/aromatic N) is 1. The Morgan fingerprint density at radius 3 is 2.65 bits per heavy atom. The van der Waals surface area contributed by atoms with Crippen LogP contribution >= 0.6 is 0 Å². The minimum Gasteiger partial charge on any atom is -0.480 e. The molecule has 0 atom stereocenters. The first kappa shape index (κ1) is 13.9. The second kappa shape index (κ2) is 5.97. The first-order valence-electron chi connectivity index (χ1n) is 5.80. The smallest absolute Gasteiger partial charge is 0.329 e. The standard InChI is InChI=1S/C11H20N2O4/c1-3-12-9(14)4-5-13-7-11(2,8-13)17-6-10(15)16/h3-8H2,1-2H3,(H,12,14)(H,15,16). The molecule has 1 rings (SSSR count). The van der Waals surface area contributed by atoms with Gasteiger partial charge in [-0.3, -0.25) is 9.69 Å². The average Bonchev–Trinajstić information content (AvgIpc) is 2.21. The van der Waals surface area contributed by atoms with E-state index < -0.39 is 5.97 Å². The molecule has 1 saturated heterocycles. The van der Waals surface area contributed by atoms with E-state index in [4.69, 9.17) is 9.84 Å². The molecule has 0 aromatic rings. The van der Waals surface area contributed by atoms with Gasteiger partial charge in [-0.1, -0.05) is 0 Å². The Hall–Kier alpha value is -1.14. The molecule has 2 N–H and O–H groups in total. The number of amides is 1. The highest BCUT2D eigenvalue weighted by atomic mass is 16.5. The van der Waals surface area contributed by atoms with Gasteiger partial charge in [-0.25, -0.2) is 4.79 Å². The highest BCUT2D eigenvalue weighted by Gasteiger charge is 2.39. The molecule has 1 aliphatic rings. The first-order valence-corrected chi connectivity index (χ1v) is 5.80. The van der Waals surface area contributed by atoms with Crippen LogP contribution in [0.4, 0.5) is 0 Å². The fourth-order valence-electron chi connectivity index (χ4n) is 1.93. The zero-order chi connectivity index (χ0) is 12.9. The van der Waals surface area contributed by atoms with Crippen molar-refractivity contribution < 1.29 is 19.4 Å². The Labute approximate surface area is 101 Å². The third kappa shape index (κ3) is 4.70. The van der Waals surface area contributed by atoms with Crippen LogP contribution in [0.15, 0.2) is 0 Å². The molecule has 0 aromatic carbocycles. The minimum atomic E-state index is -0.952. The van der Waals surface area contributed by atoms with Gasteiger partial charge in [0.25, 0.3) is 0 Å². The molecule has 0 unspecified atom stereocenters. The predicted molar refractivity (Wildman–Crippen MR) is 61.7 cm³/mol. The van der Waals surface area contributed by atoms with E-state index >= 15 is 0 Å². The number of likely N-dealkylation sites (tertiary alicyclic amines) is 1. The van der Waals surface area contributed by atoms with Gasteiger partial charge in [-0.05, 0) is 13.8 Å². The molecule has 1 aliphatic heterocycles.